The molecule has 0 saturated carbocycles. The number of allylic oxidation sites excluding steroid dienone is 16. The molecule has 420 valence electrons. The molecule has 0 saturated heterocycles. The van der Waals surface area contributed by atoms with Gasteiger partial charge in [0.25, 0.3) is 0 Å². The molecule has 0 aliphatic rings. The second-order valence-corrected chi connectivity index (χ2v) is 20.9. The molecule has 0 radical (unpaired) electrons. The Morgan fingerprint density at radius 3 is 1.12 bits per heavy atom. The highest BCUT2D eigenvalue weighted by Crippen LogP contribution is 2.43. The molecule has 73 heavy (non-hydrogen) atoms. The lowest BCUT2D eigenvalue weighted by Gasteiger charge is -2.19. The van der Waals surface area contributed by atoms with E-state index in [-0.39, 0.29) is 38.6 Å². The molecule has 10 heteroatoms. The van der Waals surface area contributed by atoms with Gasteiger partial charge in [0.05, 0.1) is 13.2 Å². The second-order valence-electron chi connectivity index (χ2n) is 19.5. The van der Waals surface area contributed by atoms with Crippen molar-refractivity contribution in [3.8, 4) is 0 Å². The molecule has 0 amide bonds. The maximum atomic E-state index is 12.7. The quantitative estimate of drug-likeness (QED) is 0.0264. The third-order valence-corrected chi connectivity index (χ3v) is 13.4. The Balaban J connectivity index is 3.99. The van der Waals surface area contributed by atoms with Crippen LogP contribution >= 0.6 is 7.82 Å². The van der Waals surface area contributed by atoms with Crippen LogP contribution in [0.5, 0.6) is 0 Å². The molecule has 9 nitrogen and oxygen atoms in total. The van der Waals surface area contributed by atoms with Crippen molar-refractivity contribution in [3.05, 3.63) is 97.2 Å². The van der Waals surface area contributed by atoms with Crippen LogP contribution in [0.2, 0.25) is 0 Å². The summed E-state index contributed by atoms with van der Waals surface area (Å²) in [6, 6.07) is 0. The summed E-state index contributed by atoms with van der Waals surface area (Å²) >= 11 is 0. The lowest BCUT2D eigenvalue weighted by Crippen LogP contribution is -2.29. The summed E-state index contributed by atoms with van der Waals surface area (Å²) in [5, 5.41) is 0. The number of phosphoric ester groups is 1. The third-order valence-electron chi connectivity index (χ3n) is 12.5. The van der Waals surface area contributed by atoms with Crippen LogP contribution in [0.4, 0.5) is 0 Å². The minimum absolute atomic E-state index is 0.0470. The number of ether oxygens (including phenoxy) is 2. The summed E-state index contributed by atoms with van der Waals surface area (Å²) < 4.78 is 33.0. The fraction of sp³-hybridized carbons (Fsp3) is 0.714. The molecule has 0 aromatic rings. The minimum Gasteiger partial charge on any atom is -0.462 e. The maximum absolute atomic E-state index is 12.7. The first kappa shape index (κ1) is 69.9. The summed E-state index contributed by atoms with van der Waals surface area (Å²) in [5.41, 5.74) is 5.38. The molecule has 0 aromatic carbocycles. The highest BCUT2D eigenvalue weighted by atomic mass is 31.2. The van der Waals surface area contributed by atoms with Crippen LogP contribution < -0.4 is 5.73 Å². The van der Waals surface area contributed by atoms with Gasteiger partial charge in [-0.2, -0.15) is 0 Å². The number of unbranched alkanes of at least 4 members (excludes halogenated alkanes) is 26. The van der Waals surface area contributed by atoms with Gasteiger partial charge in [0.1, 0.15) is 6.61 Å². The third kappa shape index (κ3) is 58.1. The van der Waals surface area contributed by atoms with Crippen LogP contribution in [0.15, 0.2) is 97.2 Å². The van der Waals surface area contributed by atoms with E-state index in [1.807, 2.05) is 0 Å². The number of hydrogen-bond donors (Lipinski definition) is 2. The van der Waals surface area contributed by atoms with E-state index < -0.39 is 26.5 Å². The van der Waals surface area contributed by atoms with Gasteiger partial charge in [0.15, 0.2) is 6.10 Å². The van der Waals surface area contributed by atoms with Gasteiger partial charge >= 0.3 is 19.8 Å². The van der Waals surface area contributed by atoms with Gasteiger partial charge < -0.3 is 20.1 Å². The molecule has 3 N–H and O–H groups in total. The van der Waals surface area contributed by atoms with Gasteiger partial charge in [-0.25, -0.2) is 4.57 Å². The average molecular weight is 1040 g/mol. The molecular formula is C63H110NO8P. The van der Waals surface area contributed by atoms with Gasteiger partial charge in [0, 0.05) is 19.4 Å². The second kappa shape index (κ2) is 58.2. The van der Waals surface area contributed by atoms with Crippen LogP contribution in [-0.4, -0.2) is 49.3 Å². The van der Waals surface area contributed by atoms with Crippen LogP contribution in [0.3, 0.4) is 0 Å². The zero-order valence-corrected chi connectivity index (χ0v) is 47.7. The zero-order chi connectivity index (χ0) is 53.1. The molecule has 0 aliphatic heterocycles. The number of carbonyl (C=O) groups excluding carboxylic acids is 2. The van der Waals surface area contributed by atoms with Crippen LogP contribution in [0, 0.1) is 0 Å². The number of hydrogen-bond acceptors (Lipinski definition) is 8. The smallest absolute Gasteiger partial charge is 0.462 e. The predicted molar refractivity (Wildman–Crippen MR) is 312 cm³/mol. The van der Waals surface area contributed by atoms with Crippen molar-refractivity contribution in [1.82, 2.24) is 0 Å². The van der Waals surface area contributed by atoms with E-state index in [1.165, 1.54) is 135 Å². The molecule has 0 aromatic heterocycles. The lowest BCUT2D eigenvalue weighted by atomic mass is 10.0. The fourth-order valence-corrected chi connectivity index (χ4v) is 8.85. The Kier molecular flexibility index (Phi) is 55.7. The molecular weight excluding hydrogens is 930 g/mol. The van der Waals surface area contributed by atoms with Crippen molar-refractivity contribution >= 4 is 19.8 Å². The molecule has 0 bridgehead atoms. The van der Waals surface area contributed by atoms with Crippen molar-refractivity contribution in [2.75, 3.05) is 26.4 Å². The monoisotopic (exact) mass is 1040 g/mol. The first-order chi connectivity index (χ1) is 35.8. The normalized spacial score (nSPS) is 13.8. The lowest BCUT2D eigenvalue weighted by molar-refractivity contribution is -0.161. The number of carbonyl (C=O) groups is 2. The highest BCUT2D eigenvalue weighted by Gasteiger charge is 2.26. The van der Waals surface area contributed by atoms with Gasteiger partial charge in [0.2, 0.25) is 0 Å². The predicted octanol–water partition coefficient (Wildman–Crippen LogP) is 18.8. The van der Waals surface area contributed by atoms with Crippen LogP contribution in [-0.2, 0) is 32.7 Å². The summed E-state index contributed by atoms with van der Waals surface area (Å²) in [6.07, 6.45) is 77.4. The van der Waals surface area contributed by atoms with Crippen molar-refractivity contribution in [1.29, 1.82) is 0 Å². The molecule has 0 spiro atoms. The first-order valence-corrected chi connectivity index (χ1v) is 31.2. The van der Waals surface area contributed by atoms with E-state index in [4.69, 9.17) is 24.3 Å². The van der Waals surface area contributed by atoms with E-state index in [1.54, 1.807) is 0 Å². The molecule has 2 atom stereocenters. The first-order valence-electron chi connectivity index (χ1n) is 29.7. The molecule has 0 aliphatic carbocycles. The van der Waals surface area contributed by atoms with E-state index in [0.717, 1.165) is 89.9 Å². The molecule has 0 rings (SSSR count). The Morgan fingerprint density at radius 2 is 0.753 bits per heavy atom. The Labute approximate surface area is 448 Å². The van der Waals surface area contributed by atoms with Crippen LogP contribution in [0.1, 0.15) is 258 Å². The van der Waals surface area contributed by atoms with Crippen molar-refractivity contribution in [2.45, 2.75) is 264 Å². The van der Waals surface area contributed by atoms with Crippen molar-refractivity contribution < 1.29 is 37.6 Å². The number of esters is 2. The maximum Gasteiger partial charge on any atom is 0.472 e. The molecule has 0 fully saturated rings. The summed E-state index contributed by atoms with van der Waals surface area (Å²) in [5.74, 6) is -0.841. The largest absolute Gasteiger partial charge is 0.472 e. The highest BCUT2D eigenvalue weighted by molar-refractivity contribution is 7.47. The van der Waals surface area contributed by atoms with E-state index in [9.17, 15) is 19.0 Å². The summed E-state index contributed by atoms with van der Waals surface area (Å²) in [4.78, 5) is 35.2. The van der Waals surface area contributed by atoms with E-state index >= 15 is 0 Å². The molecule has 2 unspecified atom stereocenters. The van der Waals surface area contributed by atoms with Crippen LogP contribution in [0.25, 0.3) is 0 Å². The van der Waals surface area contributed by atoms with Crippen molar-refractivity contribution in [2.24, 2.45) is 5.73 Å². The topological polar surface area (TPSA) is 134 Å². The minimum atomic E-state index is -4.40. The fourth-order valence-electron chi connectivity index (χ4n) is 8.08. The van der Waals surface area contributed by atoms with Crippen molar-refractivity contribution in [3.63, 3.8) is 0 Å². The van der Waals surface area contributed by atoms with Gasteiger partial charge in [-0.05, 0) is 96.3 Å². The summed E-state index contributed by atoms with van der Waals surface area (Å²) in [7, 11) is -4.40. The SMILES string of the molecule is CC/C=C\C/C=C\C/C=C\C/C=C\C/C=C\CCCCCCCCCC(=O)OC(COC(=O)CCCCCCCCCCCCCCCC/C=C\C/C=C\C/C=C\CCCCCCC)COP(=O)(O)OCCN. The van der Waals surface area contributed by atoms with Gasteiger partial charge in [-0.15, -0.1) is 0 Å². The number of nitrogens with two attached hydrogens (primary N) is 1. The standard InChI is InChI=1S/C63H110NO8P/c1-3-5-7-9-11-13-15-17-19-21-23-25-27-28-29-30-31-32-34-35-37-39-41-43-45-47-49-51-53-55-62(65)69-59-61(60-71-73(67,68)70-58-57-64)72-63(66)56-54-52-50-48-46-44-42-40-38-36-33-26-24-22-20-18-16-14-12-10-8-6-4-2/h6,8,12,14-15,17-18,20-21,23-24,26-28,36,38,61H,3-5,7,9-11,13,16,19,22,25,29-35,37,39-60,64H2,1-2H3,(H,67,68)/b8-6-,14-12-,17-15-,20-18-,23-21-,26-24-,28-27-,38-36-. The number of rotatable bonds is 55. The zero-order valence-electron chi connectivity index (χ0n) is 46.8. The van der Waals surface area contributed by atoms with Gasteiger partial charge in [-0.1, -0.05) is 246 Å². The Bertz CT molecular complexity index is 1510. The van der Waals surface area contributed by atoms with E-state index in [0.29, 0.717) is 6.42 Å². The Morgan fingerprint density at radius 1 is 0.425 bits per heavy atom. The van der Waals surface area contributed by atoms with E-state index in [2.05, 4.69) is 111 Å². The Hall–Kier alpha value is -3.07. The average Bonchev–Trinajstić information content (AvgIpc) is 3.38. The number of phosphoric acid groups is 1. The van der Waals surface area contributed by atoms with Gasteiger partial charge in [-0.3, -0.25) is 18.6 Å². The summed E-state index contributed by atoms with van der Waals surface area (Å²) in [6.45, 7) is 3.61. The molecule has 0 heterocycles.